The quantitative estimate of drug-likeness (QED) is 0.797. The summed E-state index contributed by atoms with van der Waals surface area (Å²) in [5, 5.41) is 9.19. The number of nitrogens with two attached hydrogens (primary N) is 1. The third kappa shape index (κ3) is 5.62. The Morgan fingerprint density at radius 2 is 2.00 bits per heavy atom. The lowest BCUT2D eigenvalue weighted by Crippen LogP contribution is -2.29. The molecule has 0 amide bonds. The molecular weight excluding hydrogens is 370 g/mol. The number of nitrogen functional groups attached to an aromatic ring is 1. The van der Waals surface area contributed by atoms with Crippen LogP contribution in [0.1, 0.15) is 37.5 Å². The summed E-state index contributed by atoms with van der Waals surface area (Å²) in [5.41, 5.74) is 6.07. The number of nitrogens with zero attached hydrogens (tertiary/aromatic N) is 4. The van der Waals surface area contributed by atoms with Gasteiger partial charge in [0.25, 0.3) is 0 Å². The molecule has 1 atom stereocenters. The Labute approximate surface area is 163 Å². The van der Waals surface area contributed by atoms with E-state index in [9.17, 15) is 0 Å². The van der Waals surface area contributed by atoms with Crippen molar-refractivity contribution in [3.8, 4) is 11.5 Å². The summed E-state index contributed by atoms with van der Waals surface area (Å²) in [6.45, 7) is 3.49. The molecule has 4 heterocycles. The van der Waals surface area contributed by atoms with Crippen LogP contribution in [0.25, 0.3) is 11.5 Å². The second kappa shape index (κ2) is 9.45. The third-order valence-electron chi connectivity index (χ3n) is 4.72. The fourth-order valence-corrected chi connectivity index (χ4v) is 3.30. The molecule has 0 aliphatic carbocycles. The molecule has 148 valence electrons. The summed E-state index contributed by atoms with van der Waals surface area (Å²) >= 11 is 6.07. The van der Waals surface area contributed by atoms with Gasteiger partial charge in [-0.25, -0.2) is 15.0 Å². The van der Waals surface area contributed by atoms with Gasteiger partial charge < -0.3 is 24.9 Å². The number of rotatable bonds is 2. The van der Waals surface area contributed by atoms with Gasteiger partial charge in [0.2, 0.25) is 5.95 Å². The molecule has 27 heavy (non-hydrogen) atoms. The molecular formula is C18H26ClN5O3. The number of aliphatic hydroxyl groups is 1. The second-order valence-corrected chi connectivity index (χ2v) is 7.34. The number of hydrogen-bond donors (Lipinski definition) is 2. The molecule has 8 nitrogen and oxygen atoms in total. The van der Waals surface area contributed by atoms with Crippen LogP contribution >= 0.6 is 11.6 Å². The van der Waals surface area contributed by atoms with E-state index in [1.165, 1.54) is 6.20 Å². The van der Waals surface area contributed by atoms with E-state index in [2.05, 4.69) is 26.9 Å². The maximum Gasteiger partial charge on any atom is 0.220 e. The molecule has 2 aliphatic rings. The Kier molecular flexibility index (Phi) is 7.01. The minimum atomic E-state index is -0.186. The van der Waals surface area contributed by atoms with Crippen LogP contribution in [-0.4, -0.2) is 64.4 Å². The Hall–Kier alpha value is -1.74. The van der Waals surface area contributed by atoms with Crippen molar-refractivity contribution in [3.05, 3.63) is 23.3 Å². The van der Waals surface area contributed by atoms with Crippen molar-refractivity contribution in [2.45, 2.75) is 37.7 Å². The van der Waals surface area contributed by atoms with Gasteiger partial charge in [0.05, 0.1) is 30.1 Å². The number of piperidine rings is 1. The van der Waals surface area contributed by atoms with E-state index in [4.69, 9.17) is 31.6 Å². The van der Waals surface area contributed by atoms with Gasteiger partial charge in [-0.2, -0.15) is 0 Å². The molecule has 3 N–H and O–H groups in total. The third-order valence-corrected chi connectivity index (χ3v) is 5.00. The van der Waals surface area contributed by atoms with Crippen molar-refractivity contribution >= 4 is 17.5 Å². The van der Waals surface area contributed by atoms with Gasteiger partial charge in [0.15, 0.2) is 11.7 Å². The van der Waals surface area contributed by atoms with Gasteiger partial charge in [-0.05, 0) is 45.8 Å². The van der Waals surface area contributed by atoms with Crippen molar-refractivity contribution in [1.82, 2.24) is 19.9 Å². The fraction of sp³-hybridized carbons (Fsp3) is 0.611. The molecule has 2 aromatic rings. The zero-order valence-corrected chi connectivity index (χ0v) is 16.2. The van der Waals surface area contributed by atoms with Crippen molar-refractivity contribution in [3.63, 3.8) is 0 Å². The first-order valence-corrected chi connectivity index (χ1v) is 9.59. The van der Waals surface area contributed by atoms with Crippen LogP contribution in [0.2, 0.25) is 5.02 Å². The molecule has 0 aromatic carbocycles. The molecule has 2 saturated heterocycles. The zero-order valence-electron chi connectivity index (χ0n) is 15.5. The maximum atomic E-state index is 8.78. The van der Waals surface area contributed by atoms with Crippen LogP contribution in [0.3, 0.4) is 0 Å². The molecule has 9 heteroatoms. The van der Waals surface area contributed by atoms with Gasteiger partial charge in [-0.15, -0.1) is 0 Å². The molecule has 2 aromatic heterocycles. The number of halogens is 1. The summed E-state index contributed by atoms with van der Waals surface area (Å²) in [6, 6.07) is 0. The maximum absolute atomic E-state index is 8.78. The Bertz CT molecular complexity index is 728. The number of hydrogen-bond acceptors (Lipinski definition) is 8. The van der Waals surface area contributed by atoms with E-state index >= 15 is 0 Å². The van der Waals surface area contributed by atoms with Gasteiger partial charge >= 0.3 is 0 Å². The lowest BCUT2D eigenvalue weighted by Gasteiger charge is -2.26. The van der Waals surface area contributed by atoms with E-state index in [0.717, 1.165) is 51.3 Å². The normalized spacial score (nSPS) is 21.5. The smallest absolute Gasteiger partial charge is 0.220 e. The number of likely N-dealkylation sites (tertiary alicyclic amines) is 1. The number of ether oxygens (including phenoxy) is 1. The number of aromatic nitrogens is 3. The number of oxazole rings is 1. The fourth-order valence-electron chi connectivity index (χ4n) is 3.12. The minimum absolute atomic E-state index is 0.168. The molecule has 1 unspecified atom stereocenters. The standard InChI is InChI=1S/C13H16ClN5O.C5H10O2/c1-19-4-2-8(3-5-19)12-16-7-10(20-12)11-9(14)6-17-13(15)18-11;6-5-2-1-3-7-4-5/h6-8H,2-5H2,1H3,(H2,15,17,18);5-6H,1-4H2. The lowest BCUT2D eigenvalue weighted by molar-refractivity contribution is -0.00535. The van der Waals surface area contributed by atoms with Crippen molar-refractivity contribution in [2.75, 3.05) is 39.1 Å². The van der Waals surface area contributed by atoms with Crippen LogP contribution in [0.15, 0.2) is 16.8 Å². The first-order chi connectivity index (χ1) is 13.0. The van der Waals surface area contributed by atoms with Gasteiger partial charge in [-0.1, -0.05) is 11.6 Å². The number of anilines is 1. The summed E-state index contributed by atoms with van der Waals surface area (Å²) in [6.07, 6.45) is 6.97. The van der Waals surface area contributed by atoms with E-state index in [1.54, 1.807) is 6.20 Å². The van der Waals surface area contributed by atoms with Gasteiger partial charge in [0.1, 0.15) is 5.69 Å². The average Bonchev–Trinajstić information content (AvgIpc) is 3.15. The molecule has 0 spiro atoms. The largest absolute Gasteiger partial charge is 0.439 e. The van der Waals surface area contributed by atoms with Crippen molar-refractivity contribution in [2.24, 2.45) is 0 Å². The van der Waals surface area contributed by atoms with E-state index in [0.29, 0.717) is 29.0 Å². The summed E-state index contributed by atoms with van der Waals surface area (Å²) < 4.78 is 10.8. The minimum Gasteiger partial charge on any atom is -0.439 e. The number of aliphatic hydroxyl groups excluding tert-OH is 1. The van der Waals surface area contributed by atoms with Crippen molar-refractivity contribution in [1.29, 1.82) is 0 Å². The molecule has 2 fully saturated rings. The average molecular weight is 396 g/mol. The summed E-state index contributed by atoms with van der Waals surface area (Å²) in [4.78, 5) is 14.6. The van der Waals surface area contributed by atoms with Crippen LogP contribution in [-0.2, 0) is 4.74 Å². The summed E-state index contributed by atoms with van der Waals surface area (Å²) in [7, 11) is 2.13. The zero-order chi connectivity index (χ0) is 19.2. The highest BCUT2D eigenvalue weighted by atomic mass is 35.5. The summed E-state index contributed by atoms with van der Waals surface area (Å²) in [5.74, 6) is 1.82. The molecule has 2 aliphatic heterocycles. The Morgan fingerprint density at radius 1 is 1.22 bits per heavy atom. The van der Waals surface area contributed by atoms with E-state index < -0.39 is 0 Å². The van der Waals surface area contributed by atoms with E-state index in [1.807, 2.05) is 0 Å². The molecule has 0 radical (unpaired) electrons. The van der Waals surface area contributed by atoms with Crippen LogP contribution in [0.5, 0.6) is 0 Å². The van der Waals surface area contributed by atoms with Crippen LogP contribution in [0.4, 0.5) is 5.95 Å². The highest BCUT2D eigenvalue weighted by molar-refractivity contribution is 6.32. The highest BCUT2D eigenvalue weighted by Gasteiger charge is 2.23. The molecule has 4 rings (SSSR count). The monoisotopic (exact) mass is 395 g/mol. The van der Waals surface area contributed by atoms with E-state index in [-0.39, 0.29) is 12.1 Å². The molecule has 0 saturated carbocycles. The van der Waals surface area contributed by atoms with Gasteiger partial charge in [0, 0.05) is 12.5 Å². The van der Waals surface area contributed by atoms with Gasteiger partial charge in [-0.3, -0.25) is 0 Å². The first kappa shape index (κ1) is 20.0. The van der Waals surface area contributed by atoms with Crippen LogP contribution < -0.4 is 5.73 Å². The van der Waals surface area contributed by atoms with Crippen molar-refractivity contribution < 1.29 is 14.3 Å². The SMILES string of the molecule is CN1CCC(c2ncc(-c3nc(N)ncc3Cl)o2)CC1.OC1CCCOC1. The highest BCUT2D eigenvalue weighted by Crippen LogP contribution is 2.31. The predicted molar refractivity (Wildman–Crippen MR) is 102 cm³/mol. The Balaban J connectivity index is 0.000000253. The topological polar surface area (TPSA) is 111 Å². The predicted octanol–water partition coefficient (Wildman–Crippen LogP) is 2.33. The molecule has 0 bridgehead atoms. The van der Waals surface area contributed by atoms with Crippen LogP contribution in [0, 0.1) is 0 Å². The lowest BCUT2D eigenvalue weighted by atomic mass is 9.97. The second-order valence-electron chi connectivity index (χ2n) is 6.94. The Morgan fingerprint density at radius 3 is 2.63 bits per heavy atom. The first-order valence-electron chi connectivity index (χ1n) is 9.21.